The Balaban J connectivity index is 2.60. The highest BCUT2D eigenvalue weighted by Gasteiger charge is 2.09. The van der Waals surface area contributed by atoms with Crippen molar-refractivity contribution in [2.45, 2.75) is 26.3 Å². The number of carbonyl (C=O) groups excluding carboxylic acids is 1. The van der Waals surface area contributed by atoms with E-state index >= 15 is 0 Å². The van der Waals surface area contributed by atoms with Crippen LogP contribution in [0.25, 0.3) is 0 Å². The van der Waals surface area contributed by atoms with Gasteiger partial charge in [0.25, 0.3) is 0 Å². The zero-order chi connectivity index (χ0) is 11.3. The van der Waals surface area contributed by atoms with Gasteiger partial charge in [-0.15, -0.1) is 0 Å². The van der Waals surface area contributed by atoms with E-state index in [1.165, 1.54) is 5.56 Å². The van der Waals surface area contributed by atoms with Crippen molar-refractivity contribution in [3.8, 4) is 0 Å². The van der Waals surface area contributed by atoms with Crippen molar-refractivity contribution in [2.24, 2.45) is 0 Å². The quantitative estimate of drug-likeness (QED) is 0.788. The number of anilines is 1. The number of hydrogen-bond donors (Lipinski definition) is 2. The molecule has 1 rings (SSSR count). The molecule has 0 fully saturated rings. The van der Waals surface area contributed by atoms with E-state index in [1.54, 1.807) is 7.05 Å². The zero-order valence-electron chi connectivity index (χ0n) is 9.50. The molecule has 3 nitrogen and oxygen atoms in total. The van der Waals surface area contributed by atoms with Crippen LogP contribution in [0.15, 0.2) is 24.3 Å². The maximum Gasteiger partial charge on any atom is 0.241 e. The summed E-state index contributed by atoms with van der Waals surface area (Å²) in [6, 6.07) is 7.93. The Hall–Kier alpha value is -1.51. The average Bonchev–Trinajstić information content (AvgIpc) is 2.29. The topological polar surface area (TPSA) is 41.1 Å². The van der Waals surface area contributed by atoms with Crippen LogP contribution in [0.5, 0.6) is 0 Å². The molecule has 0 bridgehead atoms. The molecule has 82 valence electrons. The summed E-state index contributed by atoms with van der Waals surface area (Å²) in [4.78, 5) is 11.3. The molecule has 1 aromatic rings. The predicted octanol–water partition coefficient (Wildman–Crippen LogP) is 1.80. The first-order chi connectivity index (χ1) is 7.17. The third-order valence-electron chi connectivity index (χ3n) is 2.39. The van der Waals surface area contributed by atoms with Gasteiger partial charge in [0.15, 0.2) is 0 Å². The Labute approximate surface area is 90.9 Å². The Kier molecular flexibility index (Phi) is 4.16. The second kappa shape index (κ2) is 5.39. The van der Waals surface area contributed by atoms with Crippen molar-refractivity contribution >= 4 is 11.6 Å². The summed E-state index contributed by atoms with van der Waals surface area (Å²) in [6.45, 7) is 3.96. The smallest absolute Gasteiger partial charge is 0.241 e. The van der Waals surface area contributed by atoms with Crippen LogP contribution in [-0.2, 0) is 11.2 Å². The maximum atomic E-state index is 11.3. The molecule has 1 amide bonds. The molecular weight excluding hydrogens is 188 g/mol. The summed E-state index contributed by atoms with van der Waals surface area (Å²) < 4.78 is 0. The van der Waals surface area contributed by atoms with Gasteiger partial charge < -0.3 is 10.6 Å². The van der Waals surface area contributed by atoms with Gasteiger partial charge in [-0.25, -0.2) is 0 Å². The summed E-state index contributed by atoms with van der Waals surface area (Å²) in [6.07, 6.45) is 1.03. The third-order valence-corrected chi connectivity index (χ3v) is 2.39. The number of aryl methyl sites for hydroxylation is 1. The highest BCUT2D eigenvalue weighted by Crippen LogP contribution is 2.10. The van der Waals surface area contributed by atoms with Gasteiger partial charge in [0.2, 0.25) is 5.91 Å². The molecule has 0 saturated heterocycles. The summed E-state index contributed by atoms with van der Waals surface area (Å²) in [5, 5.41) is 5.74. The summed E-state index contributed by atoms with van der Waals surface area (Å²) >= 11 is 0. The van der Waals surface area contributed by atoms with E-state index in [9.17, 15) is 4.79 Å². The molecule has 0 aliphatic rings. The van der Waals surface area contributed by atoms with E-state index in [1.807, 2.05) is 19.1 Å². The molecule has 0 saturated carbocycles. The van der Waals surface area contributed by atoms with Crippen LogP contribution < -0.4 is 10.6 Å². The van der Waals surface area contributed by atoms with E-state index in [0.29, 0.717) is 0 Å². The molecule has 3 heteroatoms. The number of benzene rings is 1. The standard InChI is InChI=1S/C12H18N2O/c1-4-10-5-7-11(8-6-10)14-9(2)12(15)13-3/h5-9,14H,4H2,1-3H3,(H,13,15). The second-order valence-electron chi connectivity index (χ2n) is 3.53. The maximum absolute atomic E-state index is 11.3. The van der Waals surface area contributed by atoms with Gasteiger partial charge in [0.05, 0.1) is 0 Å². The number of rotatable bonds is 4. The predicted molar refractivity (Wildman–Crippen MR) is 63.0 cm³/mol. The summed E-state index contributed by atoms with van der Waals surface area (Å²) in [5.74, 6) is -0.00503. The largest absolute Gasteiger partial charge is 0.374 e. The zero-order valence-corrected chi connectivity index (χ0v) is 9.50. The molecule has 1 atom stereocenters. The van der Waals surface area contributed by atoms with E-state index in [4.69, 9.17) is 0 Å². The lowest BCUT2D eigenvalue weighted by molar-refractivity contribution is -0.121. The van der Waals surface area contributed by atoms with Gasteiger partial charge in [0, 0.05) is 12.7 Å². The van der Waals surface area contributed by atoms with Crippen molar-refractivity contribution in [3.05, 3.63) is 29.8 Å². The number of amides is 1. The van der Waals surface area contributed by atoms with Gasteiger partial charge in [-0.05, 0) is 31.0 Å². The average molecular weight is 206 g/mol. The van der Waals surface area contributed by atoms with Crippen LogP contribution in [0.3, 0.4) is 0 Å². The minimum Gasteiger partial charge on any atom is -0.374 e. The Morgan fingerprint density at radius 2 is 1.93 bits per heavy atom. The highest BCUT2D eigenvalue weighted by atomic mass is 16.2. The Bertz CT molecular complexity index is 319. The molecular formula is C12H18N2O. The molecule has 0 aromatic heterocycles. The van der Waals surface area contributed by atoms with Gasteiger partial charge >= 0.3 is 0 Å². The van der Waals surface area contributed by atoms with Crippen LogP contribution in [0.4, 0.5) is 5.69 Å². The minimum atomic E-state index is -0.206. The number of nitrogens with one attached hydrogen (secondary N) is 2. The van der Waals surface area contributed by atoms with Crippen molar-refractivity contribution < 1.29 is 4.79 Å². The fourth-order valence-corrected chi connectivity index (χ4v) is 1.37. The van der Waals surface area contributed by atoms with Gasteiger partial charge in [0.1, 0.15) is 6.04 Å². The van der Waals surface area contributed by atoms with E-state index in [0.717, 1.165) is 12.1 Å². The van der Waals surface area contributed by atoms with Crippen molar-refractivity contribution in [1.82, 2.24) is 5.32 Å². The molecule has 0 aliphatic carbocycles. The third kappa shape index (κ3) is 3.27. The molecule has 0 radical (unpaired) electrons. The van der Waals surface area contributed by atoms with E-state index in [-0.39, 0.29) is 11.9 Å². The lowest BCUT2D eigenvalue weighted by atomic mass is 10.1. The molecule has 2 N–H and O–H groups in total. The lowest BCUT2D eigenvalue weighted by Crippen LogP contribution is -2.35. The van der Waals surface area contributed by atoms with Crippen LogP contribution in [-0.4, -0.2) is 19.0 Å². The van der Waals surface area contributed by atoms with Crippen LogP contribution >= 0.6 is 0 Å². The van der Waals surface area contributed by atoms with Gasteiger partial charge in [-0.3, -0.25) is 4.79 Å². The highest BCUT2D eigenvalue weighted by molar-refractivity contribution is 5.83. The lowest BCUT2D eigenvalue weighted by Gasteiger charge is -2.13. The fraction of sp³-hybridized carbons (Fsp3) is 0.417. The van der Waals surface area contributed by atoms with E-state index < -0.39 is 0 Å². The molecule has 1 unspecified atom stereocenters. The van der Waals surface area contributed by atoms with Gasteiger partial charge in [-0.1, -0.05) is 19.1 Å². The van der Waals surface area contributed by atoms with Crippen molar-refractivity contribution in [1.29, 1.82) is 0 Å². The molecule has 0 spiro atoms. The number of carbonyl (C=O) groups is 1. The second-order valence-corrected chi connectivity index (χ2v) is 3.53. The molecule has 0 aliphatic heterocycles. The first-order valence-electron chi connectivity index (χ1n) is 5.24. The van der Waals surface area contributed by atoms with Crippen LogP contribution in [0, 0.1) is 0 Å². The molecule has 1 aromatic carbocycles. The van der Waals surface area contributed by atoms with Crippen molar-refractivity contribution in [3.63, 3.8) is 0 Å². The normalized spacial score (nSPS) is 11.9. The van der Waals surface area contributed by atoms with Crippen LogP contribution in [0.2, 0.25) is 0 Å². The Morgan fingerprint density at radius 3 is 2.40 bits per heavy atom. The first kappa shape index (κ1) is 11.6. The number of likely N-dealkylation sites (N-methyl/N-ethyl adjacent to an activating group) is 1. The van der Waals surface area contributed by atoms with Gasteiger partial charge in [-0.2, -0.15) is 0 Å². The molecule has 15 heavy (non-hydrogen) atoms. The first-order valence-corrected chi connectivity index (χ1v) is 5.24. The summed E-state index contributed by atoms with van der Waals surface area (Å²) in [7, 11) is 1.64. The van der Waals surface area contributed by atoms with Crippen molar-refractivity contribution in [2.75, 3.05) is 12.4 Å². The molecule has 0 heterocycles. The monoisotopic (exact) mass is 206 g/mol. The minimum absolute atomic E-state index is 0.00503. The van der Waals surface area contributed by atoms with Crippen LogP contribution in [0.1, 0.15) is 19.4 Å². The van der Waals surface area contributed by atoms with E-state index in [2.05, 4.69) is 29.7 Å². The summed E-state index contributed by atoms with van der Waals surface area (Å²) in [5.41, 5.74) is 2.27. The fourth-order valence-electron chi connectivity index (χ4n) is 1.37. The number of hydrogen-bond acceptors (Lipinski definition) is 2. The SMILES string of the molecule is CCc1ccc(NC(C)C(=O)NC)cc1. The Morgan fingerprint density at radius 1 is 1.33 bits per heavy atom.